The van der Waals surface area contributed by atoms with Gasteiger partial charge in [0.1, 0.15) is 0 Å². The van der Waals surface area contributed by atoms with Gasteiger partial charge in [-0.1, -0.05) is 23.4 Å². The number of nitrogens with zero attached hydrogens (tertiary/aromatic N) is 3. The average Bonchev–Trinajstić information content (AvgIpc) is 3.38. The lowest BCUT2D eigenvalue weighted by Crippen LogP contribution is -2.31. The first kappa shape index (κ1) is 17.0. The van der Waals surface area contributed by atoms with Crippen molar-refractivity contribution in [3.8, 4) is 10.7 Å². The van der Waals surface area contributed by atoms with Crippen LogP contribution in [-0.4, -0.2) is 39.2 Å². The summed E-state index contributed by atoms with van der Waals surface area (Å²) in [7, 11) is 0. The lowest BCUT2D eigenvalue weighted by atomic mass is 10.1. The van der Waals surface area contributed by atoms with E-state index >= 15 is 0 Å². The summed E-state index contributed by atoms with van der Waals surface area (Å²) in [6, 6.07) is 10.9. The highest BCUT2D eigenvalue weighted by atomic mass is 32.2. The van der Waals surface area contributed by atoms with Gasteiger partial charge in [0.25, 0.3) is 11.8 Å². The molecular weight excluding hydrogens is 370 g/mol. The van der Waals surface area contributed by atoms with Gasteiger partial charge in [-0.05, 0) is 35.8 Å². The highest BCUT2D eigenvalue weighted by Crippen LogP contribution is 2.24. The van der Waals surface area contributed by atoms with Gasteiger partial charge in [-0.3, -0.25) is 14.5 Å². The highest BCUT2D eigenvalue weighted by Gasteiger charge is 2.34. The molecule has 6 nitrogen and oxygen atoms in total. The molecule has 4 rings (SSSR count). The van der Waals surface area contributed by atoms with Crippen LogP contribution in [0.1, 0.15) is 33.0 Å². The number of fused-ring (bicyclic) bond motifs is 1. The third kappa shape index (κ3) is 3.30. The molecule has 2 amide bonds. The summed E-state index contributed by atoms with van der Waals surface area (Å²) >= 11 is 3.21. The van der Waals surface area contributed by atoms with E-state index in [1.807, 2.05) is 17.5 Å². The number of benzene rings is 1. The quantitative estimate of drug-likeness (QED) is 0.456. The predicted octanol–water partition coefficient (Wildman–Crippen LogP) is 3.72. The van der Waals surface area contributed by atoms with E-state index in [9.17, 15) is 9.59 Å². The van der Waals surface area contributed by atoms with Gasteiger partial charge in [0.15, 0.2) is 0 Å². The number of aromatic nitrogens is 2. The van der Waals surface area contributed by atoms with Crippen molar-refractivity contribution in [2.24, 2.45) is 0 Å². The van der Waals surface area contributed by atoms with Crippen LogP contribution in [0.25, 0.3) is 10.7 Å². The van der Waals surface area contributed by atoms with Crippen LogP contribution < -0.4 is 0 Å². The zero-order valence-electron chi connectivity index (χ0n) is 13.8. The fraction of sp³-hybridized carbons (Fsp3) is 0.222. The molecule has 132 valence electrons. The van der Waals surface area contributed by atoms with Crippen LogP contribution in [-0.2, 0) is 5.75 Å². The number of amides is 2. The summed E-state index contributed by atoms with van der Waals surface area (Å²) in [6.07, 6.45) is 0.724. The monoisotopic (exact) mass is 385 g/mol. The Hall–Kier alpha value is -2.45. The van der Waals surface area contributed by atoms with Gasteiger partial charge < -0.3 is 4.52 Å². The number of carbonyl (C=O) groups is 2. The van der Waals surface area contributed by atoms with Crippen molar-refractivity contribution in [1.29, 1.82) is 0 Å². The van der Waals surface area contributed by atoms with Crippen molar-refractivity contribution in [2.45, 2.75) is 12.2 Å². The molecule has 8 heteroatoms. The van der Waals surface area contributed by atoms with Crippen LogP contribution in [0.4, 0.5) is 0 Å². The van der Waals surface area contributed by atoms with E-state index in [1.165, 1.54) is 4.90 Å². The summed E-state index contributed by atoms with van der Waals surface area (Å²) in [4.78, 5) is 31.2. The van der Waals surface area contributed by atoms with Crippen LogP contribution in [0, 0.1) is 0 Å². The number of carbonyl (C=O) groups excluding carboxylic acids is 2. The highest BCUT2D eigenvalue weighted by molar-refractivity contribution is 7.98. The van der Waals surface area contributed by atoms with E-state index in [1.54, 1.807) is 47.4 Å². The molecule has 1 aliphatic rings. The Morgan fingerprint density at radius 2 is 1.85 bits per heavy atom. The standard InChI is InChI=1S/C18H15N3O3S2/c22-17-12-5-1-2-6-13(12)18(23)21(17)8-4-9-25-11-15-19-16(20-24-15)14-7-3-10-26-14/h1-3,5-7,10H,4,8-9,11H2. The van der Waals surface area contributed by atoms with Crippen LogP contribution in [0.2, 0.25) is 0 Å². The zero-order valence-corrected chi connectivity index (χ0v) is 15.4. The predicted molar refractivity (Wildman–Crippen MR) is 100 cm³/mol. The number of thiophene rings is 1. The van der Waals surface area contributed by atoms with E-state index in [2.05, 4.69) is 10.1 Å². The van der Waals surface area contributed by atoms with Gasteiger partial charge in [0.2, 0.25) is 11.7 Å². The average molecular weight is 385 g/mol. The van der Waals surface area contributed by atoms with Crippen LogP contribution in [0.5, 0.6) is 0 Å². The molecule has 0 bridgehead atoms. The van der Waals surface area contributed by atoms with Crippen molar-refractivity contribution in [1.82, 2.24) is 15.0 Å². The molecule has 0 fully saturated rings. The Morgan fingerprint density at radius 1 is 1.08 bits per heavy atom. The maximum Gasteiger partial charge on any atom is 0.261 e. The largest absolute Gasteiger partial charge is 0.338 e. The molecule has 0 saturated carbocycles. The lowest BCUT2D eigenvalue weighted by molar-refractivity contribution is 0.0655. The Balaban J connectivity index is 1.24. The minimum absolute atomic E-state index is 0.201. The Kier molecular flexibility index (Phi) is 4.85. The minimum atomic E-state index is -0.201. The second kappa shape index (κ2) is 7.43. The van der Waals surface area contributed by atoms with E-state index < -0.39 is 0 Å². The SMILES string of the molecule is O=C1c2ccccc2C(=O)N1CCCSCc1nc(-c2cccs2)no1. The summed E-state index contributed by atoms with van der Waals surface area (Å²) in [5.41, 5.74) is 0.995. The summed E-state index contributed by atoms with van der Waals surface area (Å²) < 4.78 is 5.25. The van der Waals surface area contributed by atoms with Crippen molar-refractivity contribution >= 4 is 34.9 Å². The molecule has 3 aromatic rings. The molecular formula is C18H15N3O3S2. The van der Waals surface area contributed by atoms with E-state index in [0.717, 1.165) is 17.1 Å². The lowest BCUT2D eigenvalue weighted by Gasteiger charge is -2.12. The molecule has 0 radical (unpaired) electrons. The molecule has 26 heavy (non-hydrogen) atoms. The van der Waals surface area contributed by atoms with E-state index in [-0.39, 0.29) is 11.8 Å². The smallest absolute Gasteiger partial charge is 0.261 e. The molecule has 3 heterocycles. The maximum absolute atomic E-state index is 12.3. The summed E-state index contributed by atoms with van der Waals surface area (Å²) in [5.74, 6) is 2.20. The topological polar surface area (TPSA) is 76.3 Å². The molecule has 0 unspecified atom stereocenters. The molecule has 0 atom stereocenters. The number of thioether (sulfide) groups is 1. The van der Waals surface area contributed by atoms with E-state index in [0.29, 0.717) is 35.1 Å². The Bertz CT molecular complexity index is 902. The number of hydrogen-bond acceptors (Lipinski definition) is 7. The van der Waals surface area contributed by atoms with Crippen molar-refractivity contribution in [3.63, 3.8) is 0 Å². The van der Waals surface area contributed by atoms with Gasteiger partial charge in [-0.15, -0.1) is 11.3 Å². The summed E-state index contributed by atoms with van der Waals surface area (Å²) in [6.45, 7) is 0.420. The third-order valence-corrected chi connectivity index (χ3v) is 5.88. The van der Waals surface area contributed by atoms with Crippen LogP contribution in [0.15, 0.2) is 46.3 Å². The first-order chi connectivity index (χ1) is 12.7. The minimum Gasteiger partial charge on any atom is -0.338 e. The number of rotatable bonds is 7. The second-order valence-electron chi connectivity index (χ2n) is 5.70. The van der Waals surface area contributed by atoms with Gasteiger partial charge in [0.05, 0.1) is 21.8 Å². The Morgan fingerprint density at radius 3 is 2.54 bits per heavy atom. The first-order valence-corrected chi connectivity index (χ1v) is 10.2. The normalized spacial score (nSPS) is 13.5. The molecule has 1 aromatic carbocycles. The molecule has 0 saturated heterocycles. The molecule has 2 aromatic heterocycles. The molecule has 0 aliphatic carbocycles. The molecule has 0 N–H and O–H groups in total. The van der Waals surface area contributed by atoms with Gasteiger partial charge in [-0.2, -0.15) is 16.7 Å². The van der Waals surface area contributed by atoms with E-state index in [4.69, 9.17) is 4.52 Å². The first-order valence-electron chi connectivity index (χ1n) is 8.13. The number of imide groups is 1. The molecule has 0 spiro atoms. The fourth-order valence-electron chi connectivity index (χ4n) is 2.75. The van der Waals surface area contributed by atoms with Gasteiger partial charge >= 0.3 is 0 Å². The van der Waals surface area contributed by atoms with Crippen LogP contribution >= 0.6 is 23.1 Å². The fourth-order valence-corrected chi connectivity index (χ4v) is 4.16. The van der Waals surface area contributed by atoms with Crippen molar-refractivity contribution < 1.29 is 14.1 Å². The number of hydrogen-bond donors (Lipinski definition) is 0. The second-order valence-corrected chi connectivity index (χ2v) is 7.76. The maximum atomic E-state index is 12.3. The van der Waals surface area contributed by atoms with Crippen molar-refractivity contribution in [2.75, 3.05) is 12.3 Å². The third-order valence-electron chi connectivity index (χ3n) is 3.98. The van der Waals surface area contributed by atoms with Gasteiger partial charge in [-0.25, -0.2) is 0 Å². The Labute approximate surface area is 158 Å². The van der Waals surface area contributed by atoms with Gasteiger partial charge in [0, 0.05) is 6.54 Å². The molecule has 1 aliphatic heterocycles. The van der Waals surface area contributed by atoms with Crippen molar-refractivity contribution in [3.05, 3.63) is 58.8 Å². The summed E-state index contributed by atoms with van der Waals surface area (Å²) in [5, 5.41) is 5.95. The zero-order chi connectivity index (χ0) is 17.9. The van der Waals surface area contributed by atoms with Crippen LogP contribution in [0.3, 0.4) is 0 Å².